The van der Waals surface area contributed by atoms with E-state index >= 15 is 0 Å². The summed E-state index contributed by atoms with van der Waals surface area (Å²) in [7, 11) is 1.78. The Labute approximate surface area is 116 Å². The summed E-state index contributed by atoms with van der Waals surface area (Å²) in [5, 5.41) is 10.1. The fraction of sp³-hybridized carbons (Fsp3) is 0.938. The average molecular weight is 268 g/mol. The van der Waals surface area contributed by atoms with Crippen LogP contribution in [-0.4, -0.2) is 30.2 Å². The summed E-state index contributed by atoms with van der Waals surface area (Å²) < 4.78 is 5.38. The Hall–Kier alpha value is -0.410. The van der Waals surface area contributed by atoms with Crippen LogP contribution >= 0.6 is 0 Å². The molecule has 3 heteroatoms. The number of rotatable bonds is 7. The molecule has 0 saturated heterocycles. The van der Waals surface area contributed by atoms with E-state index in [4.69, 9.17) is 4.74 Å². The summed E-state index contributed by atoms with van der Waals surface area (Å²) in [4.78, 5) is 11.5. The Kier molecular flexibility index (Phi) is 5.40. The summed E-state index contributed by atoms with van der Waals surface area (Å²) in [6.45, 7) is 2.16. The highest BCUT2D eigenvalue weighted by molar-refractivity contribution is 5.81. The van der Waals surface area contributed by atoms with Crippen molar-refractivity contribution in [3.8, 4) is 0 Å². The minimum Gasteiger partial charge on any atom is -0.393 e. The SMILES string of the molecule is CC[C@H](CCCC[C@H]1[C@@H]2CC(=O)C[C@@H]2C[C@H]1O)OC. The van der Waals surface area contributed by atoms with Crippen molar-refractivity contribution >= 4 is 5.78 Å². The molecule has 0 heterocycles. The van der Waals surface area contributed by atoms with Crippen LogP contribution in [0, 0.1) is 17.8 Å². The second-order valence-electron chi connectivity index (χ2n) is 6.39. The van der Waals surface area contributed by atoms with Gasteiger partial charge < -0.3 is 9.84 Å². The lowest BCUT2D eigenvalue weighted by molar-refractivity contribution is -0.118. The molecule has 0 amide bonds. The molecule has 2 aliphatic carbocycles. The van der Waals surface area contributed by atoms with Crippen molar-refractivity contribution in [3.63, 3.8) is 0 Å². The molecular weight excluding hydrogens is 240 g/mol. The zero-order valence-corrected chi connectivity index (χ0v) is 12.3. The van der Waals surface area contributed by atoms with E-state index < -0.39 is 0 Å². The van der Waals surface area contributed by atoms with Crippen molar-refractivity contribution in [1.82, 2.24) is 0 Å². The predicted molar refractivity (Wildman–Crippen MR) is 74.9 cm³/mol. The van der Waals surface area contributed by atoms with Crippen molar-refractivity contribution in [1.29, 1.82) is 0 Å². The van der Waals surface area contributed by atoms with E-state index in [2.05, 4.69) is 6.92 Å². The van der Waals surface area contributed by atoms with Crippen LogP contribution in [0.1, 0.15) is 58.3 Å². The minimum atomic E-state index is -0.160. The molecule has 2 fully saturated rings. The molecule has 2 saturated carbocycles. The van der Waals surface area contributed by atoms with Gasteiger partial charge in [-0.2, -0.15) is 0 Å². The van der Waals surface area contributed by atoms with E-state index in [1.54, 1.807) is 7.11 Å². The summed E-state index contributed by atoms with van der Waals surface area (Å²) >= 11 is 0. The van der Waals surface area contributed by atoms with Gasteiger partial charge in [-0.25, -0.2) is 0 Å². The number of carbonyl (C=O) groups excluding carboxylic acids is 1. The molecule has 0 aromatic rings. The van der Waals surface area contributed by atoms with Gasteiger partial charge in [0.25, 0.3) is 0 Å². The largest absolute Gasteiger partial charge is 0.393 e. The first-order valence-electron chi connectivity index (χ1n) is 7.88. The molecule has 3 nitrogen and oxygen atoms in total. The lowest BCUT2D eigenvalue weighted by Crippen LogP contribution is -2.20. The normalized spacial score (nSPS) is 35.6. The predicted octanol–water partition coefficient (Wildman–Crippen LogP) is 2.95. The van der Waals surface area contributed by atoms with Crippen molar-refractivity contribution in [2.75, 3.05) is 7.11 Å². The molecule has 0 spiro atoms. The average Bonchev–Trinajstić information content (AvgIpc) is 2.86. The van der Waals surface area contributed by atoms with Gasteiger partial charge in [0.1, 0.15) is 5.78 Å². The maximum Gasteiger partial charge on any atom is 0.133 e. The van der Waals surface area contributed by atoms with Crippen LogP contribution in [0.25, 0.3) is 0 Å². The standard InChI is InChI=1S/C16H28O3/c1-3-13(19-2)6-4-5-7-14-15-10-12(17)8-11(15)9-16(14)18/h11,13-16,18H,3-10H2,1-2H3/t11-,13-,14+,15-,16-/m1/s1. The molecule has 0 bridgehead atoms. The summed E-state index contributed by atoms with van der Waals surface area (Å²) in [5.74, 6) is 1.75. The number of aliphatic hydroxyl groups excluding tert-OH is 1. The highest BCUT2D eigenvalue weighted by Crippen LogP contribution is 2.48. The third-order valence-electron chi connectivity index (χ3n) is 5.25. The third kappa shape index (κ3) is 3.57. The van der Waals surface area contributed by atoms with Gasteiger partial charge in [-0.15, -0.1) is 0 Å². The molecule has 0 aliphatic heterocycles. The monoisotopic (exact) mass is 268 g/mol. The number of unbranched alkanes of at least 4 members (excludes halogenated alkanes) is 1. The molecular formula is C16H28O3. The smallest absolute Gasteiger partial charge is 0.133 e. The van der Waals surface area contributed by atoms with Crippen LogP contribution in [0.4, 0.5) is 0 Å². The zero-order chi connectivity index (χ0) is 13.8. The fourth-order valence-corrected chi connectivity index (χ4v) is 4.13. The van der Waals surface area contributed by atoms with Crippen LogP contribution < -0.4 is 0 Å². The van der Waals surface area contributed by atoms with Crippen molar-refractivity contribution in [3.05, 3.63) is 0 Å². The van der Waals surface area contributed by atoms with Gasteiger partial charge in [0.05, 0.1) is 12.2 Å². The Bertz CT molecular complexity index is 298. The van der Waals surface area contributed by atoms with Gasteiger partial charge in [-0.05, 0) is 43.4 Å². The van der Waals surface area contributed by atoms with Gasteiger partial charge >= 0.3 is 0 Å². The molecule has 0 aromatic heterocycles. The number of hydrogen-bond acceptors (Lipinski definition) is 3. The van der Waals surface area contributed by atoms with Gasteiger partial charge in [0.2, 0.25) is 0 Å². The van der Waals surface area contributed by atoms with Gasteiger partial charge in [0, 0.05) is 20.0 Å². The van der Waals surface area contributed by atoms with Crippen LogP contribution in [-0.2, 0) is 9.53 Å². The zero-order valence-electron chi connectivity index (χ0n) is 12.3. The molecule has 0 unspecified atom stereocenters. The second-order valence-corrected chi connectivity index (χ2v) is 6.39. The number of methoxy groups -OCH3 is 1. The number of fused-ring (bicyclic) bond motifs is 1. The van der Waals surface area contributed by atoms with E-state index in [1.165, 1.54) is 6.42 Å². The molecule has 1 N–H and O–H groups in total. The molecule has 110 valence electrons. The van der Waals surface area contributed by atoms with Crippen LogP contribution in [0.5, 0.6) is 0 Å². The molecule has 0 aromatic carbocycles. The first-order chi connectivity index (χ1) is 9.15. The number of ether oxygens (including phenoxy) is 1. The maximum atomic E-state index is 11.5. The second kappa shape index (κ2) is 6.85. The first kappa shape index (κ1) is 15.0. The first-order valence-corrected chi connectivity index (χ1v) is 7.88. The van der Waals surface area contributed by atoms with Crippen LogP contribution in [0.2, 0.25) is 0 Å². The number of hydrogen-bond donors (Lipinski definition) is 1. The third-order valence-corrected chi connectivity index (χ3v) is 5.25. The summed E-state index contributed by atoms with van der Waals surface area (Å²) in [6, 6.07) is 0. The van der Waals surface area contributed by atoms with Crippen molar-refractivity contribution < 1.29 is 14.6 Å². The quantitative estimate of drug-likeness (QED) is 0.722. The molecule has 2 aliphatic rings. The van der Waals surface area contributed by atoms with Gasteiger partial charge in [-0.1, -0.05) is 19.8 Å². The number of aliphatic hydroxyl groups is 1. The lowest BCUT2D eigenvalue weighted by Gasteiger charge is -2.21. The molecule has 2 rings (SSSR count). The van der Waals surface area contributed by atoms with E-state index in [0.717, 1.165) is 44.9 Å². The van der Waals surface area contributed by atoms with Crippen LogP contribution in [0.3, 0.4) is 0 Å². The van der Waals surface area contributed by atoms with Crippen molar-refractivity contribution in [2.45, 2.75) is 70.5 Å². The number of ketones is 1. The molecule has 0 radical (unpaired) electrons. The Balaban J connectivity index is 1.72. The lowest BCUT2D eigenvalue weighted by atomic mass is 9.87. The van der Waals surface area contributed by atoms with E-state index in [-0.39, 0.29) is 6.10 Å². The van der Waals surface area contributed by atoms with E-state index in [0.29, 0.717) is 29.6 Å². The Morgan fingerprint density at radius 2 is 2.16 bits per heavy atom. The van der Waals surface area contributed by atoms with Gasteiger partial charge in [0.15, 0.2) is 0 Å². The molecule has 5 atom stereocenters. The Morgan fingerprint density at radius 1 is 1.37 bits per heavy atom. The number of Topliss-reactive ketones (excluding diaryl/α,β-unsaturated/α-hetero) is 1. The fourth-order valence-electron chi connectivity index (χ4n) is 4.13. The van der Waals surface area contributed by atoms with Gasteiger partial charge in [-0.3, -0.25) is 4.79 Å². The van der Waals surface area contributed by atoms with E-state index in [1.807, 2.05) is 0 Å². The maximum absolute atomic E-state index is 11.5. The minimum absolute atomic E-state index is 0.160. The summed E-state index contributed by atoms with van der Waals surface area (Å²) in [5.41, 5.74) is 0. The Morgan fingerprint density at radius 3 is 2.84 bits per heavy atom. The van der Waals surface area contributed by atoms with Crippen molar-refractivity contribution in [2.24, 2.45) is 17.8 Å². The van der Waals surface area contributed by atoms with Crippen LogP contribution in [0.15, 0.2) is 0 Å². The number of carbonyl (C=O) groups is 1. The summed E-state index contributed by atoms with van der Waals surface area (Å²) in [6.07, 6.45) is 8.11. The topological polar surface area (TPSA) is 46.5 Å². The highest BCUT2D eigenvalue weighted by Gasteiger charge is 2.46. The highest BCUT2D eigenvalue weighted by atomic mass is 16.5. The molecule has 19 heavy (non-hydrogen) atoms. The van der Waals surface area contributed by atoms with E-state index in [9.17, 15) is 9.90 Å².